The van der Waals surface area contributed by atoms with Crippen LogP contribution in [0.25, 0.3) is 22.3 Å². The van der Waals surface area contributed by atoms with Crippen molar-refractivity contribution in [2.75, 3.05) is 19.7 Å². The number of hydrogen-bond donors (Lipinski definition) is 2. The standard InChI is InChI=1S/C27H31F2N5O3/c1-4-20(35)34-10-9-18(17(28)11-34)33-27(36)21-15(3)32-26-24(21)30-13-31-25(26)22-19(37-12-16-6-7-16)8-5-14(2)23(22)29/h5,8,13,16-18,32H,4,6-7,9-12H2,1-3H3,(H,33,36)/t17-,18-/m0/s1. The van der Waals surface area contributed by atoms with Gasteiger partial charge in [0.05, 0.1) is 35.8 Å². The van der Waals surface area contributed by atoms with E-state index in [-0.39, 0.29) is 23.6 Å². The van der Waals surface area contributed by atoms with Gasteiger partial charge in [-0.2, -0.15) is 0 Å². The molecule has 0 spiro atoms. The molecular formula is C27H31F2N5O3. The summed E-state index contributed by atoms with van der Waals surface area (Å²) in [7, 11) is 0. The largest absolute Gasteiger partial charge is 0.492 e. The topological polar surface area (TPSA) is 100 Å². The minimum absolute atomic E-state index is 0.0485. The Kier molecular flexibility index (Phi) is 6.83. The first-order valence-corrected chi connectivity index (χ1v) is 12.8. The molecule has 2 fully saturated rings. The minimum Gasteiger partial charge on any atom is -0.492 e. The van der Waals surface area contributed by atoms with Gasteiger partial charge in [0, 0.05) is 18.7 Å². The second kappa shape index (κ2) is 10.1. The van der Waals surface area contributed by atoms with Crippen LogP contribution in [0.3, 0.4) is 0 Å². The molecule has 0 bridgehead atoms. The van der Waals surface area contributed by atoms with Crippen molar-refractivity contribution in [3.05, 3.63) is 41.1 Å². The van der Waals surface area contributed by atoms with Gasteiger partial charge < -0.3 is 19.9 Å². The monoisotopic (exact) mass is 511 g/mol. The number of piperidine rings is 1. The molecule has 2 aliphatic rings. The van der Waals surface area contributed by atoms with Crippen LogP contribution in [0.2, 0.25) is 0 Å². The summed E-state index contributed by atoms with van der Waals surface area (Å²) in [6.07, 6.45) is 2.75. The number of aryl methyl sites for hydroxylation is 2. The smallest absolute Gasteiger partial charge is 0.255 e. The maximum atomic E-state index is 15.4. The van der Waals surface area contributed by atoms with E-state index in [1.165, 1.54) is 11.2 Å². The SMILES string of the molecule is CCC(=O)N1CC[C@H](NC(=O)c2c(C)[nH]c3c(-c4c(OCC5CC5)ccc(C)c4F)ncnc23)[C@@H](F)C1. The highest BCUT2D eigenvalue weighted by molar-refractivity contribution is 6.09. The Morgan fingerprint density at radius 3 is 2.70 bits per heavy atom. The number of rotatable bonds is 7. The Bertz CT molecular complexity index is 1350. The lowest BCUT2D eigenvalue weighted by molar-refractivity contribution is -0.133. The van der Waals surface area contributed by atoms with Gasteiger partial charge in [-0.05, 0) is 50.7 Å². The molecule has 0 radical (unpaired) electrons. The average Bonchev–Trinajstić information content (AvgIpc) is 3.65. The molecule has 0 unspecified atom stereocenters. The van der Waals surface area contributed by atoms with E-state index >= 15 is 4.39 Å². The van der Waals surface area contributed by atoms with E-state index in [1.807, 2.05) is 0 Å². The molecule has 10 heteroatoms. The number of hydrogen-bond acceptors (Lipinski definition) is 5. The number of carbonyl (C=O) groups excluding carboxylic acids is 2. The Labute approximate surface area is 213 Å². The molecule has 196 valence electrons. The Morgan fingerprint density at radius 2 is 2.00 bits per heavy atom. The number of halogens is 2. The lowest BCUT2D eigenvalue weighted by Gasteiger charge is -2.35. The minimum atomic E-state index is -1.38. The average molecular weight is 512 g/mol. The third kappa shape index (κ3) is 4.89. The highest BCUT2D eigenvalue weighted by Gasteiger charge is 2.33. The Morgan fingerprint density at radius 1 is 1.22 bits per heavy atom. The molecule has 1 saturated carbocycles. The molecular weight excluding hydrogens is 480 g/mol. The van der Waals surface area contributed by atoms with Crippen LogP contribution in [0.1, 0.15) is 54.2 Å². The van der Waals surface area contributed by atoms with E-state index in [2.05, 4.69) is 20.3 Å². The van der Waals surface area contributed by atoms with E-state index in [0.29, 0.717) is 65.6 Å². The van der Waals surface area contributed by atoms with E-state index < -0.39 is 23.9 Å². The number of benzene rings is 1. The number of amides is 2. The van der Waals surface area contributed by atoms with Crippen LogP contribution in [0.4, 0.5) is 8.78 Å². The number of ether oxygens (including phenoxy) is 1. The van der Waals surface area contributed by atoms with E-state index in [0.717, 1.165) is 12.8 Å². The van der Waals surface area contributed by atoms with Crippen molar-refractivity contribution >= 4 is 22.8 Å². The Balaban J connectivity index is 1.45. The van der Waals surface area contributed by atoms with Crippen molar-refractivity contribution in [2.24, 2.45) is 5.92 Å². The summed E-state index contributed by atoms with van der Waals surface area (Å²) in [5.41, 5.74) is 2.47. The van der Waals surface area contributed by atoms with Crippen molar-refractivity contribution in [3.63, 3.8) is 0 Å². The van der Waals surface area contributed by atoms with Gasteiger partial charge in [0.1, 0.15) is 35.3 Å². The van der Waals surface area contributed by atoms with E-state index in [9.17, 15) is 14.0 Å². The van der Waals surface area contributed by atoms with E-state index in [1.54, 1.807) is 32.9 Å². The van der Waals surface area contributed by atoms with Crippen molar-refractivity contribution in [1.82, 2.24) is 25.2 Å². The molecule has 3 heterocycles. The number of alkyl halides is 1. The van der Waals surface area contributed by atoms with Crippen molar-refractivity contribution in [1.29, 1.82) is 0 Å². The molecule has 2 aromatic heterocycles. The first-order valence-electron chi connectivity index (χ1n) is 12.8. The van der Waals surface area contributed by atoms with Gasteiger partial charge in [-0.15, -0.1) is 0 Å². The van der Waals surface area contributed by atoms with Gasteiger partial charge in [-0.25, -0.2) is 18.7 Å². The second-order valence-electron chi connectivity index (χ2n) is 9.97. The quantitative estimate of drug-likeness (QED) is 0.494. The number of aromatic nitrogens is 3. The second-order valence-corrected chi connectivity index (χ2v) is 9.97. The maximum Gasteiger partial charge on any atom is 0.255 e. The third-order valence-electron chi connectivity index (χ3n) is 7.22. The summed E-state index contributed by atoms with van der Waals surface area (Å²) < 4.78 is 36.3. The zero-order chi connectivity index (χ0) is 26.3. The predicted molar refractivity (Wildman–Crippen MR) is 135 cm³/mol. The number of likely N-dealkylation sites (tertiary alicyclic amines) is 1. The van der Waals surface area contributed by atoms with Gasteiger partial charge in [0.2, 0.25) is 5.91 Å². The first-order chi connectivity index (χ1) is 17.8. The summed E-state index contributed by atoms with van der Waals surface area (Å²) in [5.74, 6) is -0.154. The highest BCUT2D eigenvalue weighted by Crippen LogP contribution is 2.39. The van der Waals surface area contributed by atoms with Gasteiger partial charge in [-0.1, -0.05) is 13.0 Å². The number of nitrogens with one attached hydrogen (secondary N) is 2. The van der Waals surface area contributed by atoms with Gasteiger partial charge in [0.25, 0.3) is 5.91 Å². The molecule has 8 nitrogen and oxygen atoms in total. The lowest BCUT2D eigenvalue weighted by Crippen LogP contribution is -2.53. The predicted octanol–water partition coefficient (Wildman–Crippen LogP) is 4.25. The first kappa shape index (κ1) is 25.1. The number of aromatic amines is 1. The van der Waals surface area contributed by atoms with Crippen molar-refractivity contribution in [3.8, 4) is 17.0 Å². The van der Waals surface area contributed by atoms with Gasteiger partial charge >= 0.3 is 0 Å². The molecule has 1 saturated heterocycles. The number of fused-ring (bicyclic) bond motifs is 1. The van der Waals surface area contributed by atoms with Crippen molar-refractivity contribution < 1.29 is 23.1 Å². The van der Waals surface area contributed by atoms with Crippen LogP contribution in [0.15, 0.2) is 18.5 Å². The summed E-state index contributed by atoms with van der Waals surface area (Å²) in [4.78, 5) is 38.6. The third-order valence-corrected chi connectivity index (χ3v) is 7.22. The van der Waals surface area contributed by atoms with Gasteiger partial charge in [0.15, 0.2) is 0 Å². The summed E-state index contributed by atoms with van der Waals surface area (Å²) >= 11 is 0. The van der Waals surface area contributed by atoms with E-state index in [4.69, 9.17) is 4.74 Å². The molecule has 2 amide bonds. The van der Waals surface area contributed by atoms with Crippen LogP contribution >= 0.6 is 0 Å². The van der Waals surface area contributed by atoms with Crippen LogP contribution in [0.5, 0.6) is 5.75 Å². The molecule has 1 aliphatic carbocycles. The molecule has 1 aliphatic heterocycles. The van der Waals surface area contributed by atoms with Crippen LogP contribution < -0.4 is 10.1 Å². The fraction of sp³-hybridized carbons (Fsp3) is 0.481. The highest BCUT2D eigenvalue weighted by atomic mass is 19.1. The fourth-order valence-corrected chi connectivity index (χ4v) is 4.84. The summed E-state index contributed by atoms with van der Waals surface area (Å²) in [5, 5.41) is 2.78. The lowest BCUT2D eigenvalue weighted by atomic mass is 10.0. The number of H-pyrrole nitrogens is 1. The Hall–Kier alpha value is -3.56. The van der Waals surface area contributed by atoms with Crippen molar-refractivity contribution in [2.45, 2.75) is 58.7 Å². The van der Waals surface area contributed by atoms with Crippen LogP contribution in [0, 0.1) is 25.6 Å². The zero-order valence-electron chi connectivity index (χ0n) is 21.2. The van der Waals surface area contributed by atoms with Crippen LogP contribution in [-0.2, 0) is 4.79 Å². The summed E-state index contributed by atoms with van der Waals surface area (Å²) in [6, 6.07) is 2.69. The molecule has 37 heavy (non-hydrogen) atoms. The normalized spacial score (nSPS) is 19.8. The zero-order valence-corrected chi connectivity index (χ0v) is 21.2. The number of nitrogens with zero attached hydrogens (tertiary/aromatic N) is 3. The fourth-order valence-electron chi connectivity index (χ4n) is 4.84. The molecule has 3 aromatic rings. The molecule has 1 aromatic carbocycles. The molecule has 2 N–H and O–H groups in total. The number of carbonyl (C=O) groups is 2. The molecule has 2 atom stereocenters. The van der Waals surface area contributed by atoms with Gasteiger partial charge in [-0.3, -0.25) is 9.59 Å². The molecule has 5 rings (SSSR count). The maximum absolute atomic E-state index is 15.4. The summed E-state index contributed by atoms with van der Waals surface area (Å²) in [6.45, 7) is 5.97. The van der Waals surface area contributed by atoms with Crippen LogP contribution in [-0.4, -0.2) is 63.6 Å².